The minimum absolute atomic E-state index is 0.0589. The van der Waals surface area contributed by atoms with Crippen LogP contribution in [0, 0.1) is 33.6 Å². The Morgan fingerprint density at radius 2 is 1.53 bits per heavy atom. The summed E-state index contributed by atoms with van der Waals surface area (Å²) in [7, 11) is 4.22. The van der Waals surface area contributed by atoms with E-state index < -0.39 is 0 Å². The summed E-state index contributed by atoms with van der Waals surface area (Å²) in [5, 5.41) is 3.22. The average molecular weight is 433 g/mol. The van der Waals surface area contributed by atoms with Crippen LogP contribution in [0.5, 0.6) is 0 Å². The van der Waals surface area contributed by atoms with Crippen LogP contribution in [0.25, 0.3) is 5.57 Å². The van der Waals surface area contributed by atoms with E-state index >= 15 is 0 Å². The van der Waals surface area contributed by atoms with Crippen molar-refractivity contribution in [1.29, 1.82) is 0 Å². The van der Waals surface area contributed by atoms with Gasteiger partial charge in [-0.05, 0) is 119 Å². The van der Waals surface area contributed by atoms with Gasteiger partial charge in [0, 0.05) is 23.6 Å². The number of carbonyl (C=O) groups is 1. The number of carbonyl (C=O) groups excluding carboxylic acids is 1. The third-order valence-corrected chi connectivity index (χ3v) is 7.59. The van der Waals surface area contributed by atoms with Crippen LogP contribution in [0.2, 0.25) is 0 Å². The lowest BCUT2D eigenvalue weighted by molar-refractivity contribution is -0.118. The van der Waals surface area contributed by atoms with E-state index in [2.05, 4.69) is 91.0 Å². The predicted octanol–water partition coefficient (Wildman–Crippen LogP) is 7.08. The van der Waals surface area contributed by atoms with Gasteiger partial charge in [0.05, 0.1) is 0 Å². The molecule has 0 fully saturated rings. The molecule has 0 heterocycles. The van der Waals surface area contributed by atoms with E-state index in [1.807, 2.05) is 13.8 Å². The number of amides is 1. The molecule has 32 heavy (non-hydrogen) atoms. The van der Waals surface area contributed by atoms with Crippen LogP contribution in [-0.4, -0.2) is 24.9 Å². The zero-order chi connectivity index (χ0) is 24.1. The summed E-state index contributed by atoms with van der Waals surface area (Å²) < 4.78 is 0. The highest BCUT2D eigenvalue weighted by molar-refractivity contribution is 5.93. The van der Waals surface area contributed by atoms with Crippen molar-refractivity contribution in [2.24, 2.45) is 5.92 Å². The summed E-state index contributed by atoms with van der Waals surface area (Å²) in [6.07, 6.45) is 0. The topological polar surface area (TPSA) is 32.3 Å². The molecule has 0 bridgehead atoms. The summed E-state index contributed by atoms with van der Waals surface area (Å²) in [5.74, 6) is 0.218. The molecule has 2 aromatic carbocycles. The monoisotopic (exact) mass is 432 g/mol. The Hall–Kier alpha value is -2.39. The molecule has 0 saturated carbocycles. The molecule has 1 amide bonds. The average Bonchev–Trinajstić information content (AvgIpc) is 2.98. The number of nitrogens with zero attached hydrogens (tertiary/aromatic N) is 1. The van der Waals surface area contributed by atoms with Gasteiger partial charge < -0.3 is 10.2 Å². The molecule has 0 aromatic heterocycles. The van der Waals surface area contributed by atoms with Gasteiger partial charge in [0.2, 0.25) is 5.91 Å². The second-order valence-electron chi connectivity index (χ2n) is 10.2. The smallest absolute Gasteiger partial charge is 0.226 e. The Kier molecular flexibility index (Phi) is 6.72. The van der Waals surface area contributed by atoms with Crippen LogP contribution in [0.1, 0.15) is 91.1 Å². The van der Waals surface area contributed by atoms with E-state index in [1.165, 1.54) is 50.1 Å². The maximum absolute atomic E-state index is 12.6. The van der Waals surface area contributed by atoms with Gasteiger partial charge in [-0.1, -0.05) is 31.6 Å². The second kappa shape index (κ2) is 8.86. The molecule has 2 atom stereocenters. The van der Waals surface area contributed by atoms with Crippen molar-refractivity contribution in [2.45, 2.75) is 74.3 Å². The molecule has 1 N–H and O–H groups in total. The normalized spacial score (nSPS) is 16.7. The van der Waals surface area contributed by atoms with Gasteiger partial charge in [-0.3, -0.25) is 4.79 Å². The number of anilines is 1. The zero-order valence-electron chi connectivity index (χ0n) is 21.8. The number of rotatable bonds is 5. The van der Waals surface area contributed by atoms with Crippen molar-refractivity contribution in [1.82, 2.24) is 4.90 Å². The molecule has 0 aliphatic heterocycles. The van der Waals surface area contributed by atoms with Crippen LogP contribution in [-0.2, 0) is 4.79 Å². The van der Waals surface area contributed by atoms with Gasteiger partial charge in [0.25, 0.3) is 0 Å². The summed E-state index contributed by atoms with van der Waals surface area (Å²) in [4.78, 5) is 14.9. The largest absolute Gasteiger partial charge is 0.326 e. The lowest BCUT2D eigenvalue weighted by Crippen LogP contribution is -2.22. The first kappa shape index (κ1) is 24.3. The number of aryl methyl sites for hydroxylation is 2. The predicted molar refractivity (Wildman–Crippen MR) is 138 cm³/mol. The standard InChI is InChI=1S/C29H40N2O/c1-15(2)29(32)30-25-14-23(13-24(21(25)8)22(9)31(10)11)27-20(7)19(6)26-17(4)12-16(3)18(5)28(26)27/h12-15,22,27H,1-11H3,(H,30,32). The molecule has 0 radical (unpaired) electrons. The number of hydrogen-bond donors (Lipinski definition) is 1. The zero-order valence-corrected chi connectivity index (χ0v) is 21.8. The van der Waals surface area contributed by atoms with Gasteiger partial charge in [0.1, 0.15) is 0 Å². The molecule has 2 unspecified atom stereocenters. The minimum atomic E-state index is -0.0589. The molecular weight excluding hydrogens is 392 g/mol. The Labute approximate surface area is 194 Å². The Morgan fingerprint density at radius 1 is 0.906 bits per heavy atom. The fourth-order valence-electron chi connectivity index (χ4n) is 5.07. The Bertz CT molecular complexity index is 1100. The van der Waals surface area contributed by atoms with Gasteiger partial charge in [-0.15, -0.1) is 0 Å². The maximum Gasteiger partial charge on any atom is 0.226 e. The SMILES string of the molecule is CC1=C(C)C(c2cc(NC(=O)C(C)C)c(C)c(C(C)N(C)C)c2)c2c(C)c(C)cc(C)c21. The molecule has 1 aliphatic rings. The number of allylic oxidation sites excluding steroid dienone is 2. The Morgan fingerprint density at radius 3 is 2.09 bits per heavy atom. The highest BCUT2D eigenvalue weighted by Gasteiger charge is 2.32. The fraction of sp³-hybridized carbons (Fsp3) is 0.483. The van der Waals surface area contributed by atoms with Crippen LogP contribution in [0.4, 0.5) is 5.69 Å². The summed E-state index contributed by atoms with van der Waals surface area (Å²) >= 11 is 0. The molecule has 3 nitrogen and oxygen atoms in total. The third kappa shape index (κ3) is 4.03. The minimum Gasteiger partial charge on any atom is -0.326 e. The van der Waals surface area contributed by atoms with Crippen molar-refractivity contribution in [2.75, 3.05) is 19.4 Å². The number of benzene rings is 2. The quantitative estimate of drug-likeness (QED) is 0.548. The van der Waals surface area contributed by atoms with E-state index in [0.717, 1.165) is 11.3 Å². The fourth-order valence-corrected chi connectivity index (χ4v) is 5.07. The second-order valence-corrected chi connectivity index (χ2v) is 10.2. The van der Waals surface area contributed by atoms with Gasteiger partial charge in [0.15, 0.2) is 0 Å². The van der Waals surface area contributed by atoms with Gasteiger partial charge in [-0.25, -0.2) is 0 Å². The first-order valence-corrected chi connectivity index (χ1v) is 11.8. The van der Waals surface area contributed by atoms with Crippen molar-refractivity contribution < 1.29 is 4.79 Å². The van der Waals surface area contributed by atoms with Crippen molar-refractivity contribution in [3.63, 3.8) is 0 Å². The van der Waals surface area contributed by atoms with Gasteiger partial charge in [-0.2, -0.15) is 0 Å². The van der Waals surface area contributed by atoms with Crippen molar-refractivity contribution >= 4 is 17.2 Å². The van der Waals surface area contributed by atoms with Crippen LogP contribution >= 0.6 is 0 Å². The number of fused-ring (bicyclic) bond motifs is 1. The third-order valence-electron chi connectivity index (χ3n) is 7.59. The number of hydrogen-bond acceptors (Lipinski definition) is 2. The van der Waals surface area contributed by atoms with E-state index in [1.54, 1.807) is 0 Å². The van der Waals surface area contributed by atoms with Crippen LogP contribution < -0.4 is 5.32 Å². The van der Waals surface area contributed by atoms with E-state index in [-0.39, 0.29) is 23.8 Å². The molecular formula is C29H40N2O. The first-order valence-electron chi connectivity index (χ1n) is 11.8. The Balaban J connectivity index is 2.29. The lowest BCUT2D eigenvalue weighted by Gasteiger charge is -2.27. The molecule has 172 valence electrons. The van der Waals surface area contributed by atoms with E-state index in [9.17, 15) is 4.79 Å². The van der Waals surface area contributed by atoms with Crippen molar-refractivity contribution in [3.8, 4) is 0 Å². The molecule has 0 spiro atoms. The number of nitrogens with one attached hydrogen (secondary N) is 1. The summed E-state index contributed by atoms with van der Waals surface area (Å²) in [6.45, 7) is 19.5. The highest BCUT2D eigenvalue weighted by Crippen LogP contribution is 2.49. The molecule has 3 heteroatoms. The van der Waals surface area contributed by atoms with Crippen LogP contribution in [0.15, 0.2) is 23.8 Å². The first-order chi connectivity index (χ1) is 14.9. The van der Waals surface area contributed by atoms with Gasteiger partial charge >= 0.3 is 0 Å². The molecule has 2 aromatic rings. The molecule has 3 rings (SSSR count). The summed E-state index contributed by atoms with van der Waals surface area (Å²) in [6, 6.07) is 7.15. The maximum atomic E-state index is 12.6. The van der Waals surface area contributed by atoms with E-state index in [0.29, 0.717) is 0 Å². The molecule has 0 saturated heterocycles. The summed E-state index contributed by atoms with van der Waals surface area (Å²) in [5.41, 5.74) is 14.3. The van der Waals surface area contributed by atoms with Crippen LogP contribution in [0.3, 0.4) is 0 Å². The lowest BCUT2D eigenvalue weighted by atomic mass is 9.82. The molecule has 1 aliphatic carbocycles. The highest BCUT2D eigenvalue weighted by atomic mass is 16.1. The van der Waals surface area contributed by atoms with Crippen molar-refractivity contribution in [3.05, 3.63) is 68.3 Å². The van der Waals surface area contributed by atoms with E-state index in [4.69, 9.17) is 0 Å².